The second-order valence-electron chi connectivity index (χ2n) is 2.33. The number of carbonyl (C=O) groups is 1. The van der Waals surface area contributed by atoms with Crippen molar-refractivity contribution in [2.24, 2.45) is 5.10 Å². The highest BCUT2D eigenvalue weighted by Crippen LogP contribution is 1.98. The summed E-state index contributed by atoms with van der Waals surface area (Å²) in [4.78, 5) is 14.2. The van der Waals surface area contributed by atoms with Crippen LogP contribution in [0.1, 0.15) is 6.92 Å². The Morgan fingerprint density at radius 2 is 2.38 bits per heavy atom. The van der Waals surface area contributed by atoms with Crippen LogP contribution in [0.25, 0.3) is 0 Å². The number of aliphatic carboxylic acids is 1. The molecule has 5 heteroatoms. The van der Waals surface area contributed by atoms with Crippen LogP contribution in [0.15, 0.2) is 29.5 Å². The quantitative estimate of drug-likeness (QED) is 0.535. The number of aromatic nitrogens is 1. The molecule has 1 aromatic heterocycles. The van der Waals surface area contributed by atoms with Gasteiger partial charge in [0.05, 0.1) is 0 Å². The van der Waals surface area contributed by atoms with Gasteiger partial charge >= 0.3 is 5.97 Å². The predicted octanol–water partition coefficient (Wildman–Crippen LogP) is 0.954. The Hall–Kier alpha value is -1.91. The summed E-state index contributed by atoms with van der Waals surface area (Å²) in [6.07, 6.45) is 1.59. The van der Waals surface area contributed by atoms with Gasteiger partial charge in [-0.1, -0.05) is 6.07 Å². The summed E-state index contributed by atoms with van der Waals surface area (Å²) in [5.41, 5.74) is 2.51. The molecule has 68 valence electrons. The average Bonchev–Trinajstić information content (AvgIpc) is 2.15. The molecule has 13 heavy (non-hydrogen) atoms. The third kappa shape index (κ3) is 2.90. The Labute approximate surface area is 75.1 Å². The maximum absolute atomic E-state index is 10.3. The molecule has 0 aliphatic carbocycles. The summed E-state index contributed by atoms with van der Waals surface area (Å²) >= 11 is 0. The van der Waals surface area contributed by atoms with Gasteiger partial charge in [0.1, 0.15) is 11.5 Å². The largest absolute Gasteiger partial charge is 0.477 e. The molecule has 0 atom stereocenters. The summed E-state index contributed by atoms with van der Waals surface area (Å²) < 4.78 is 0. The molecule has 2 N–H and O–H groups in total. The number of rotatable bonds is 3. The minimum atomic E-state index is -1.05. The highest BCUT2D eigenvalue weighted by molar-refractivity contribution is 6.34. The minimum Gasteiger partial charge on any atom is -0.477 e. The third-order valence-corrected chi connectivity index (χ3v) is 1.31. The van der Waals surface area contributed by atoms with Crippen LogP contribution >= 0.6 is 0 Å². The molecule has 0 unspecified atom stereocenters. The Bertz CT molecular complexity index is 321. The molecule has 0 radical (unpaired) electrons. The van der Waals surface area contributed by atoms with E-state index < -0.39 is 5.97 Å². The summed E-state index contributed by atoms with van der Waals surface area (Å²) in [6.45, 7) is 1.40. The van der Waals surface area contributed by atoms with E-state index in [1.165, 1.54) is 6.92 Å². The van der Waals surface area contributed by atoms with E-state index in [2.05, 4.69) is 15.5 Å². The van der Waals surface area contributed by atoms with E-state index in [1.807, 2.05) is 0 Å². The average molecular weight is 179 g/mol. The van der Waals surface area contributed by atoms with Gasteiger partial charge in [-0.05, 0) is 19.1 Å². The first-order valence-corrected chi connectivity index (χ1v) is 3.65. The van der Waals surface area contributed by atoms with Crippen LogP contribution in [0, 0.1) is 0 Å². The summed E-state index contributed by atoms with van der Waals surface area (Å²) in [5, 5.41) is 12.1. The van der Waals surface area contributed by atoms with Crippen LogP contribution in [-0.4, -0.2) is 21.8 Å². The first kappa shape index (κ1) is 9.18. The first-order chi connectivity index (χ1) is 6.20. The smallest absolute Gasteiger partial charge is 0.351 e. The molecule has 0 amide bonds. The molecule has 0 aliphatic heterocycles. The number of carboxylic acid groups (broad SMARTS) is 1. The maximum atomic E-state index is 10.3. The molecule has 0 aromatic carbocycles. The van der Waals surface area contributed by atoms with Gasteiger partial charge in [0.2, 0.25) is 0 Å². The molecule has 0 saturated carbocycles. The highest BCUT2D eigenvalue weighted by atomic mass is 16.4. The van der Waals surface area contributed by atoms with Crippen molar-refractivity contribution in [3.8, 4) is 0 Å². The zero-order valence-corrected chi connectivity index (χ0v) is 7.06. The Morgan fingerprint density at radius 1 is 1.62 bits per heavy atom. The summed E-state index contributed by atoms with van der Waals surface area (Å²) in [6, 6.07) is 5.23. The van der Waals surface area contributed by atoms with Crippen LogP contribution < -0.4 is 5.43 Å². The van der Waals surface area contributed by atoms with Crippen molar-refractivity contribution in [2.75, 3.05) is 5.43 Å². The van der Waals surface area contributed by atoms with Gasteiger partial charge in [-0.15, -0.1) is 0 Å². The molecule has 1 aromatic rings. The second kappa shape index (κ2) is 4.20. The number of nitrogens with zero attached hydrogens (tertiary/aromatic N) is 2. The normalized spacial score (nSPS) is 11.0. The fourth-order valence-electron chi connectivity index (χ4n) is 0.618. The van der Waals surface area contributed by atoms with Crippen molar-refractivity contribution in [3.63, 3.8) is 0 Å². The molecule has 1 rings (SSSR count). The summed E-state index contributed by atoms with van der Waals surface area (Å²) in [7, 11) is 0. The molecule has 0 aliphatic rings. The van der Waals surface area contributed by atoms with E-state index in [0.29, 0.717) is 5.82 Å². The lowest BCUT2D eigenvalue weighted by Crippen LogP contribution is -2.10. The maximum Gasteiger partial charge on any atom is 0.351 e. The Morgan fingerprint density at radius 3 is 2.92 bits per heavy atom. The lowest BCUT2D eigenvalue weighted by atomic mass is 10.4. The molecule has 0 saturated heterocycles. The Kier molecular flexibility index (Phi) is 2.97. The molecule has 0 fully saturated rings. The molecular formula is C8H9N3O2. The van der Waals surface area contributed by atoms with Crippen molar-refractivity contribution < 1.29 is 9.90 Å². The van der Waals surface area contributed by atoms with Gasteiger partial charge < -0.3 is 5.11 Å². The number of nitrogens with one attached hydrogen (secondary N) is 1. The number of carboxylic acids is 1. The topological polar surface area (TPSA) is 74.6 Å². The van der Waals surface area contributed by atoms with Crippen molar-refractivity contribution in [2.45, 2.75) is 6.92 Å². The van der Waals surface area contributed by atoms with E-state index in [9.17, 15) is 4.79 Å². The van der Waals surface area contributed by atoms with Crippen molar-refractivity contribution in [3.05, 3.63) is 24.4 Å². The number of hydrazone groups is 1. The molecule has 1 heterocycles. The van der Waals surface area contributed by atoms with Gasteiger partial charge in [-0.25, -0.2) is 9.78 Å². The van der Waals surface area contributed by atoms with Gasteiger partial charge in [-0.2, -0.15) is 5.10 Å². The van der Waals surface area contributed by atoms with Gasteiger partial charge in [0, 0.05) is 6.20 Å². The number of hydrogen-bond donors (Lipinski definition) is 2. The fraction of sp³-hybridized carbons (Fsp3) is 0.125. The van der Waals surface area contributed by atoms with E-state index in [4.69, 9.17) is 5.11 Å². The Balaban J connectivity index is 2.62. The van der Waals surface area contributed by atoms with E-state index >= 15 is 0 Å². The SMILES string of the molecule is C/C(=N\Nc1ccccn1)C(=O)O. The fourth-order valence-corrected chi connectivity index (χ4v) is 0.618. The van der Waals surface area contributed by atoms with E-state index in [-0.39, 0.29) is 5.71 Å². The van der Waals surface area contributed by atoms with Crippen LogP contribution in [0.4, 0.5) is 5.82 Å². The monoisotopic (exact) mass is 179 g/mol. The van der Waals surface area contributed by atoms with E-state index in [1.54, 1.807) is 24.4 Å². The van der Waals surface area contributed by atoms with Crippen LogP contribution in [0.5, 0.6) is 0 Å². The van der Waals surface area contributed by atoms with Gasteiger partial charge in [0.15, 0.2) is 0 Å². The predicted molar refractivity (Wildman–Crippen MR) is 48.6 cm³/mol. The first-order valence-electron chi connectivity index (χ1n) is 3.65. The van der Waals surface area contributed by atoms with Crippen LogP contribution in [-0.2, 0) is 4.79 Å². The molecular weight excluding hydrogens is 170 g/mol. The zero-order chi connectivity index (χ0) is 9.68. The third-order valence-electron chi connectivity index (χ3n) is 1.31. The minimum absolute atomic E-state index is 0.00865. The van der Waals surface area contributed by atoms with Gasteiger partial charge in [-0.3, -0.25) is 5.43 Å². The molecule has 0 spiro atoms. The lowest BCUT2D eigenvalue weighted by molar-refractivity contribution is -0.129. The van der Waals surface area contributed by atoms with Crippen molar-refractivity contribution >= 4 is 17.5 Å². The second-order valence-corrected chi connectivity index (χ2v) is 2.33. The van der Waals surface area contributed by atoms with Gasteiger partial charge in [0.25, 0.3) is 0 Å². The number of anilines is 1. The van der Waals surface area contributed by atoms with Crippen molar-refractivity contribution in [1.29, 1.82) is 0 Å². The number of hydrogen-bond acceptors (Lipinski definition) is 4. The van der Waals surface area contributed by atoms with Crippen LogP contribution in [0.3, 0.4) is 0 Å². The van der Waals surface area contributed by atoms with Crippen molar-refractivity contribution in [1.82, 2.24) is 4.98 Å². The zero-order valence-electron chi connectivity index (χ0n) is 7.06. The van der Waals surface area contributed by atoms with E-state index in [0.717, 1.165) is 0 Å². The molecule has 5 nitrogen and oxygen atoms in total. The standard InChI is InChI=1S/C8H9N3O2/c1-6(8(12)13)10-11-7-4-2-3-5-9-7/h2-5H,1H3,(H,9,11)(H,12,13)/b10-6+. The molecule has 0 bridgehead atoms. The summed E-state index contributed by atoms with van der Waals surface area (Å²) in [5.74, 6) is -0.536. The van der Waals surface area contributed by atoms with Crippen LogP contribution in [0.2, 0.25) is 0 Å². The number of pyridine rings is 1. The highest BCUT2D eigenvalue weighted by Gasteiger charge is 2.00. The lowest BCUT2D eigenvalue weighted by Gasteiger charge is -1.97.